The molecule has 2 N–H and O–H groups in total. The molecule has 0 fully saturated rings. The van der Waals surface area contributed by atoms with Crippen molar-refractivity contribution in [1.29, 1.82) is 0 Å². The minimum Gasteiger partial charge on any atom is -0.455 e. The summed E-state index contributed by atoms with van der Waals surface area (Å²) in [6.45, 7) is 0.276. The van der Waals surface area contributed by atoms with Gasteiger partial charge in [-0.05, 0) is 42.5 Å². The molecule has 0 aliphatic rings. The Bertz CT molecular complexity index is 917. The topological polar surface area (TPSA) is 50.4 Å². The summed E-state index contributed by atoms with van der Waals surface area (Å²) >= 11 is 0. The molecule has 0 heterocycles. The summed E-state index contributed by atoms with van der Waals surface area (Å²) in [6.07, 6.45) is 0.151. The van der Waals surface area contributed by atoms with E-state index in [1.807, 2.05) is 36.4 Å². The fraction of sp³-hybridized carbons (Fsp3) is 0.0952. The quantitative estimate of drug-likeness (QED) is 0.603. The zero-order valence-corrected chi connectivity index (χ0v) is 14.4. The number of ether oxygens (including phenoxy) is 1. The Hall–Kier alpha value is -3.41. The third-order valence-electron chi connectivity index (χ3n) is 3.73. The van der Waals surface area contributed by atoms with E-state index >= 15 is 0 Å². The summed E-state index contributed by atoms with van der Waals surface area (Å²) in [5, 5.41) is 5.68. The van der Waals surface area contributed by atoms with Gasteiger partial charge in [0.25, 0.3) is 0 Å². The maximum atomic E-state index is 13.2. The molecule has 4 nitrogen and oxygen atoms in total. The van der Waals surface area contributed by atoms with Crippen LogP contribution in [0.4, 0.5) is 20.2 Å². The highest BCUT2D eigenvalue weighted by molar-refractivity contribution is 5.92. The third-order valence-corrected chi connectivity index (χ3v) is 3.73. The summed E-state index contributed by atoms with van der Waals surface area (Å²) in [6, 6.07) is 19.9. The highest BCUT2D eigenvalue weighted by Gasteiger charge is 2.09. The normalized spacial score (nSPS) is 10.3. The minimum absolute atomic E-state index is 0.151. The molecule has 3 aromatic rings. The van der Waals surface area contributed by atoms with Crippen LogP contribution < -0.4 is 15.4 Å². The number of halogens is 2. The smallest absolute Gasteiger partial charge is 0.226 e. The lowest BCUT2D eigenvalue weighted by Crippen LogP contribution is -2.16. The average Bonchev–Trinajstić information content (AvgIpc) is 2.67. The van der Waals surface area contributed by atoms with Gasteiger partial charge in [0.15, 0.2) is 17.4 Å². The van der Waals surface area contributed by atoms with Gasteiger partial charge in [-0.1, -0.05) is 30.3 Å². The number of hydrogen-bond acceptors (Lipinski definition) is 3. The lowest BCUT2D eigenvalue weighted by molar-refractivity contribution is -0.116. The minimum atomic E-state index is -0.934. The summed E-state index contributed by atoms with van der Waals surface area (Å²) in [5.41, 5.74) is 0.966. The first-order chi connectivity index (χ1) is 13.1. The molecule has 3 aromatic carbocycles. The van der Waals surface area contributed by atoms with Crippen molar-refractivity contribution in [2.24, 2.45) is 0 Å². The molecule has 3 rings (SSSR count). The number of carbonyl (C=O) groups is 1. The first-order valence-electron chi connectivity index (χ1n) is 8.42. The Morgan fingerprint density at radius 3 is 2.41 bits per heavy atom. The molecule has 0 saturated heterocycles. The average molecular weight is 368 g/mol. The van der Waals surface area contributed by atoms with Crippen LogP contribution >= 0.6 is 0 Å². The molecule has 0 unspecified atom stereocenters. The van der Waals surface area contributed by atoms with Crippen LogP contribution in [0.2, 0.25) is 0 Å². The Kier molecular flexibility index (Phi) is 5.99. The second kappa shape index (κ2) is 8.80. The van der Waals surface area contributed by atoms with Gasteiger partial charge in [0.1, 0.15) is 5.75 Å². The van der Waals surface area contributed by atoms with Gasteiger partial charge in [0.2, 0.25) is 5.91 Å². The molecule has 0 aromatic heterocycles. The molecule has 0 radical (unpaired) electrons. The van der Waals surface area contributed by atoms with E-state index < -0.39 is 11.6 Å². The molecule has 0 spiro atoms. The van der Waals surface area contributed by atoms with Crippen LogP contribution in [-0.4, -0.2) is 12.5 Å². The predicted octanol–water partition coefficient (Wildman–Crippen LogP) is 5.20. The standard InChI is InChI=1S/C21H18F2N2O2/c22-17-11-10-15(14-18(17)23)24-13-12-21(26)25-19-8-4-5-9-20(19)27-16-6-2-1-3-7-16/h1-11,14,24H,12-13H2,(H,25,26). The Morgan fingerprint density at radius 2 is 1.63 bits per heavy atom. The number of benzene rings is 3. The van der Waals surface area contributed by atoms with Gasteiger partial charge in [0, 0.05) is 18.7 Å². The van der Waals surface area contributed by atoms with Crippen molar-refractivity contribution in [2.45, 2.75) is 6.42 Å². The zero-order chi connectivity index (χ0) is 19.1. The van der Waals surface area contributed by atoms with Gasteiger partial charge in [-0.3, -0.25) is 4.79 Å². The van der Waals surface area contributed by atoms with Gasteiger partial charge in [-0.15, -0.1) is 0 Å². The van der Waals surface area contributed by atoms with Gasteiger partial charge >= 0.3 is 0 Å². The van der Waals surface area contributed by atoms with Crippen LogP contribution in [0.25, 0.3) is 0 Å². The second-order valence-electron chi connectivity index (χ2n) is 5.77. The summed E-state index contributed by atoms with van der Waals surface area (Å²) in [4.78, 5) is 12.2. The van der Waals surface area contributed by atoms with Crippen LogP contribution in [0, 0.1) is 11.6 Å². The second-order valence-corrected chi connectivity index (χ2v) is 5.77. The number of nitrogens with one attached hydrogen (secondary N) is 2. The molecule has 0 bridgehead atoms. The summed E-state index contributed by atoms with van der Waals surface area (Å²) < 4.78 is 31.9. The molecule has 138 valence electrons. The maximum absolute atomic E-state index is 13.2. The van der Waals surface area contributed by atoms with Crippen LogP contribution in [0.5, 0.6) is 11.5 Å². The molecular weight excluding hydrogens is 350 g/mol. The van der Waals surface area contributed by atoms with E-state index in [-0.39, 0.29) is 18.9 Å². The lowest BCUT2D eigenvalue weighted by atomic mass is 10.2. The van der Waals surface area contributed by atoms with E-state index in [1.165, 1.54) is 6.07 Å². The van der Waals surface area contributed by atoms with Gasteiger partial charge < -0.3 is 15.4 Å². The van der Waals surface area contributed by atoms with Crippen molar-refractivity contribution in [2.75, 3.05) is 17.2 Å². The fourth-order valence-corrected chi connectivity index (χ4v) is 2.41. The molecule has 0 atom stereocenters. The van der Waals surface area contributed by atoms with Crippen LogP contribution in [0.3, 0.4) is 0 Å². The molecule has 6 heteroatoms. The molecule has 0 aliphatic heterocycles. The van der Waals surface area contributed by atoms with Crippen LogP contribution in [0.1, 0.15) is 6.42 Å². The van der Waals surface area contributed by atoms with Crippen molar-refractivity contribution >= 4 is 17.3 Å². The predicted molar refractivity (Wildman–Crippen MR) is 101 cm³/mol. The van der Waals surface area contributed by atoms with Crippen molar-refractivity contribution < 1.29 is 18.3 Å². The zero-order valence-electron chi connectivity index (χ0n) is 14.4. The number of carbonyl (C=O) groups excluding carboxylic acids is 1. The van der Waals surface area contributed by atoms with Gasteiger partial charge in [0.05, 0.1) is 5.69 Å². The fourth-order valence-electron chi connectivity index (χ4n) is 2.41. The van der Waals surface area contributed by atoms with Crippen molar-refractivity contribution in [3.8, 4) is 11.5 Å². The number of rotatable bonds is 7. The van der Waals surface area contributed by atoms with Gasteiger partial charge in [-0.25, -0.2) is 8.78 Å². The Morgan fingerprint density at radius 1 is 0.889 bits per heavy atom. The SMILES string of the molecule is O=C(CCNc1ccc(F)c(F)c1)Nc1ccccc1Oc1ccccc1. The highest BCUT2D eigenvalue weighted by atomic mass is 19.2. The van der Waals surface area contributed by atoms with Crippen LogP contribution in [-0.2, 0) is 4.79 Å². The number of para-hydroxylation sites is 3. The van der Waals surface area contributed by atoms with E-state index in [4.69, 9.17) is 4.74 Å². The van der Waals surface area contributed by atoms with E-state index in [1.54, 1.807) is 18.2 Å². The largest absolute Gasteiger partial charge is 0.455 e. The number of anilines is 2. The number of hydrogen-bond donors (Lipinski definition) is 2. The van der Waals surface area contributed by atoms with E-state index in [0.717, 1.165) is 12.1 Å². The third kappa shape index (κ3) is 5.28. The molecule has 0 saturated carbocycles. The van der Waals surface area contributed by atoms with E-state index in [9.17, 15) is 13.6 Å². The van der Waals surface area contributed by atoms with Crippen LogP contribution in [0.15, 0.2) is 72.8 Å². The van der Waals surface area contributed by atoms with Crippen molar-refractivity contribution in [3.63, 3.8) is 0 Å². The van der Waals surface area contributed by atoms with Crippen molar-refractivity contribution in [1.82, 2.24) is 0 Å². The molecule has 0 aliphatic carbocycles. The Balaban J connectivity index is 1.55. The molecular formula is C21H18F2N2O2. The molecule has 1 amide bonds. The maximum Gasteiger partial charge on any atom is 0.226 e. The first kappa shape index (κ1) is 18.4. The van der Waals surface area contributed by atoms with E-state index in [0.29, 0.717) is 22.9 Å². The van der Waals surface area contributed by atoms with E-state index in [2.05, 4.69) is 10.6 Å². The molecule has 27 heavy (non-hydrogen) atoms. The summed E-state index contributed by atoms with van der Waals surface area (Å²) in [7, 11) is 0. The van der Waals surface area contributed by atoms with Crippen molar-refractivity contribution in [3.05, 3.63) is 84.4 Å². The first-order valence-corrected chi connectivity index (χ1v) is 8.42. The summed E-state index contributed by atoms with van der Waals surface area (Å²) in [5.74, 6) is -0.872. The number of amides is 1. The highest BCUT2D eigenvalue weighted by Crippen LogP contribution is 2.29. The van der Waals surface area contributed by atoms with Gasteiger partial charge in [-0.2, -0.15) is 0 Å². The Labute approximate surface area is 155 Å². The lowest BCUT2D eigenvalue weighted by Gasteiger charge is -2.12. The monoisotopic (exact) mass is 368 g/mol.